The van der Waals surface area contributed by atoms with E-state index in [-0.39, 0.29) is 0 Å². The predicted molar refractivity (Wildman–Crippen MR) is 180 cm³/mol. The van der Waals surface area contributed by atoms with Crippen molar-refractivity contribution in [2.75, 3.05) is 14.2 Å². The summed E-state index contributed by atoms with van der Waals surface area (Å²) in [5.74, 6) is 3.03. The number of methoxy groups -OCH3 is 2. The van der Waals surface area contributed by atoms with Crippen molar-refractivity contribution in [3.63, 3.8) is 0 Å². The number of hydrogen-bond acceptors (Lipinski definition) is 5. The molecular formula is C37H41N5O3. The Labute approximate surface area is 265 Å². The number of carbonyl (C=O) groups excluding carboxylic acids is 1. The van der Waals surface area contributed by atoms with E-state index >= 15 is 0 Å². The molecule has 0 bridgehead atoms. The fraction of sp³-hybridized carbons (Fsp3) is 0.216. The van der Waals surface area contributed by atoms with E-state index in [0.717, 1.165) is 35.7 Å². The zero-order valence-electron chi connectivity index (χ0n) is 26.4. The van der Waals surface area contributed by atoms with E-state index in [2.05, 4.69) is 76.8 Å². The summed E-state index contributed by atoms with van der Waals surface area (Å²) in [5.41, 5.74) is 6.08. The number of carbonyl (C=O) groups is 1. The molecule has 45 heavy (non-hydrogen) atoms. The topological polar surface area (TPSA) is 94.1 Å². The summed E-state index contributed by atoms with van der Waals surface area (Å²) in [6, 6.07) is 34.6. The van der Waals surface area contributed by atoms with Gasteiger partial charge in [-0.3, -0.25) is 4.79 Å². The van der Waals surface area contributed by atoms with Crippen LogP contribution >= 0.6 is 0 Å². The molecule has 0 saturated heterocycles. The van der Waals surface area contributed by atoms with Crippen LogP contribution in [0.4, 0.5) is 0 Å². The van der Waals surface area contributed by atoms with E-state index < -0.39 is 0 Å². The monoisotopic (exact) mass is 603 g/mol. The van der Waals surface area contributed by atoms with Gasteiger partial charge in [-0.15, -0.1) is 10.2 Å². The summed E-state index contributed by atoms with van der Waals surface area (Å²) >= 11 is 0. The highest BCUT2D eigenvalue weighted by molar-refractivity contribution is 5.82. The molecule has 2 N–H and O–H groups in total. The summed E-state index contributed by atoms with van der Waals surface area (Å²) in [6.45, 7) is 5.05. The van der Waals surface area contributed by atoms with Crippen LogP contribution in [0.15, 0.2) is 109 Å². The molecule has 0 spiro atoms. The van der Waals surface area contributed by atoms with Gasteiger partial charge in [0.05, 0.1) is 27.3 Å². The Balaban J connectivity index is 0.000000217. The number of nitrogens with one attached hydrogen (secondary N) is 2. The number of rotatable bonds is 10. The highest BCUT2D eigenvalue weighted by atomic mass is 16.5. The number of amides is 1. The van der Waals surface area contributed by atoms with E-state index in [1.54, 1.807) is 14.2 Å². The minimum atomic E-state index is 0.320. The third-order valence-corrected chi connectivity index (χ3v) is 7.29. The molecule has 0 aliphatic carbocycles. The first-order valence-corrected chi connectivity index (χ1v) is 14.9. The van der Waals surface area contributed by atoms with Crippen LogP contribution in [0.2, 0.25) is 0 Å². The third-order valence-electron chi connectivity index (χ3n) is 7.29. The van der Waals surface area contributed by atoms with Crippen molar-refractivity contribution >= 4 is 17.3 Å². The van der Waals surface area contributed by atoms with Gasteiger partial charge in [0, 0.05) is 35.2 Å². The minimum Gasteiger partial charge on any atom is -0.497 e. The van der Waals surface area contributed by atoms with Gasteiger partial charge in [-0.1, -0.05) is 84.4 Å². The number of fused-ring (bicyclic) bond motifs is 1. The van der Waals surface area contributed by atoms with Crippen LogP contribution in [0.5, 0.6) is 11.5 Å². The smallest absolute Gasteiger partial charge is 0.207 e. The molecule has 2 heterocycles. The quantitative estimate of drug-likeness (QED) is 0.167. The summed E-state index contributed by atoms with van der Waals surface area (Å²) < 4.78 is 12.8. The van der Waals surface area contributed by atoms with Crippen molar-refractivity contribution < 1.29 is 14.3 Å². The maximum Gasteiger partial charge on any atom is 0.207 e. The lowest BCUT2D eigenvalue weighted by Gasteiger charge is -2.14. The number of para-hydroxylation sites is 1. The van der Waals surface area contributed by atoms with Gasteiger partial charge in [-0.05, 0) is 49.6 Å². The van der Waals surface area contributed by atoms with Gasteiger partial charge in [0.2, 0.25) is 6.41 Å². The third kappa shape index (κ3) is 9.56. The van der Waals surface area contributed by atoms with Crippen LogP contribution in [0.25, 0.3) is 10.9 Å². The highest BCUT2D eigenvalue weighted by Crippen LogP contribution is 2.26. The Hall–Kier alpha value is -5.37. The second-order valence-electron chi connectivity index (χ2n) is 10.5. The van der Waals surface area contributed by atoms with Crippen LogP contribution in [0.1, 0.15) is 33.9 Å². The normalized spacial score (nSPS) is 10.2. The molecule has 4 aromatic carbocycles. The average molecular weight is 604 g/mol. The molecule has 0 radical (unpaired) electrons. The first kappa shape index (κ1) is 32.5. The molecule has 0 fully saturated rings. The predicted octanol–water partition coefficient (Wildman–Crippen LogP) is 6.85. The number of aromatic nitrogens is 4. The Kier molecular flexibility index (Phi) is 12.3. The maximum absolute atomic E-state index is 10.7. The van der Waals surface area contributed by atoms with Crippen LogP contribution in [0.3, 0.4) is 0 Å². The van der Waals surface area contributed by atoms with Crippen LogP contribution in [-0.2, 0) is 30.7 Å². The fourth-order valence-corrected chi connectivity index (χ4v) is 4.81. The number of nitrogens with zero attached hydrogens (tertiary/aromatic N) is 3. The second kappa shape index (κ2) is 17.1. The van der Waals surface area contributed by atoms with E-state index in [9.17, 15) is 4.79 Å². The van der Waals surface area contributed by atoms with Crippen molar-refractivity contribution in [2.24, 2.45) is 0 Å². The molecule has 0 unspecified atom stereocenters. The molecule has 2 aromatic heterocycles. The zero-order chi connectivity index (χ0) is 31.9. The van der Waals surface area contributed by atoms with Gasteiger partial charge >= 0.3 is 0 Å². The van der Waals surface area contributed by atoms with Gasteiger partial charge in [-0.25, -0.2) is 0 Å². The maximum atomic E-state index is 10.7. The molecule has 0 aliphatic heterocycles. The van der Waals surface area contributed by atoms with Crippen molar-refractivity contribution in [3.8, 4) is 11.5 Å². The van der Waals surface area contributed by atoms with Crippen LogP contribution in [-0.4, -0.2) is 40.4 Å². The molecule has 8 nitrogen and oxygen atoms in total. The second-order valence-corrected chi connectivity index (χ2v) is 10.5. The number of aryl methyl sites for hydroxylation is 4. The molecule has 8 heteroatoms. The number of aromatic amines is 1. The lowest BCUT2D eigenvalue weighted by molar-refractivity contribution is -0.109. The van der Waals surface area contributed by atoms with Crippen molar-refractivity contribution in [1.82, 2.24) is 25.1 Å². The zero-order valence-corrected chi connectivity index (χ0v) is 26.4. The summed E-state index contributed by atoms with van der Waals surface area (Å²) in [7, 11) is 3.26. The Morgan fingerprint density at radius 3 is 2.13 bits per heavy atom. The number of hydrogen-bond donors (Lipinski definition) is 2. The molecule has 1 amide bonds. The molecular weight excluding hydrogens is 562 g/mol. The van der Waals surface area contributed by atoms with Gasteiger partial charge < -0.3 is 24.3 Å². The number of benzene rings is 4. The molecule has 0 atom stereocenters. The molecule has 6 rings (SSSR count). The summed E-state index contributed by atoms with van der Waals surface area (Å²) in [6.07, 6.45) is 4.30. The first-order chi connectivity index (χ1) is 22.0. The number of H-pyrrole nitrogens is 1. The van der Waals surface area contributed by atoms with E-state index in [0.29, 0.717) is 25.3 Å². The molecule has 0 aliphatic rings. The molecule has 0 saturated carbocycles. The fourth-order valence-electron chi connectivity index (χ4n) is 4.81. The molecule has 6 aromatic rings. The Morgan fingerprint density at radius 1 is 0.800 bits per heavy atom. The Bertz CT molecular complexity index is 1750. The number of ether oxygens (including phenoxy) is 2. The van der Waals surface area contributed by atoms with Crippen molar-refractivity contribution in [2.45, 2.75) is 39.8 Å². The van der Waals surface area contributed by atoms with Crippen molar-refractivity contribution in [3.05, 3.63) is 143 Å². The SMILES string of the molecule is COc1ccc(Cn2c(CCc3ccccc3)nnc2CNC=O)c(OC)c1.Cc1c[nH]c2ccccc12.Cc1ccccc1. The largest absolute Gasteiger partial charge is 0.497 e. The standard InChI is InChI=1S/C21H24N4O3.C9H9N.C7H8/c1-27-18-10-9-17(19(12-18)28-2)14-25-20(23-24-21(25)13-22-15-26)11-8-16-6-4-3-5-7-16;1-7-6-10-9-5-3-2-4-8(7)9;1-7-5-3-2-4-6-7/h3-7,9-10,12,15H,8,11,13-14H2,1-2H3,(H,22,26);2-6,10H,1H3;2-6H,1H3. The van der Waals surface area contributed by atoms with E-state index in [1.807, 2.05) is 71.4 Å². The Morgan fingerprint density at radius 2 is 1.49 bits per heavy atom. The van der Waals surface area contributed by atoms with Crippen LogP contribution < -0.4 is 14.8 Å². The lowest BCUT2D eigenvalue weighted by atomic mass is 10.1. The summed E-state index contributed by atoms with van der Waals surface area (Å²) in [5, 5.41) is 12.6. The van der Waals surface area contributed by atoms with Crippen molar-refractivity contribution in [1.29, 1.82) is 0 Å². The van der Waals surface area contributed by atoms with E-state index in [1.165, 1.54) is 27.6 Å². The average Bonchev–Trinajstić information content (AvgIpc) is 3.66. The minimum absolute atomic E-state index is 0.320. The van der Waals surface area contributed by atoms with Gasteiger partial charge in [0.15, 0.2) is 5.82 Å². The summed E-state index contributed by atoms with van der Waals surface area (Å²) in [4.78, 5) is 13.9. The van der Waals surface area contributed by atoms with Gasteiger partial charge in [0.25, 0.3) is 0 Å². The first-order valence-electron chi connectivity index (χ1n) is 14.9. The van der Waals surface area contributed by atoms with Gasteiger partial charge in [-0.2, -0.15) is 0 Å². The molecule has 232 valence electrons. The highest BCUT2D eigenvalue weighted by Gasteiger charge is 2.15. The van der Waals surface area contributed by atoms with Crippen LogP contribution in [0, 0.1) is 13.8 Å². The van der Waals surface area contributed by atoms with E-state index in [4.69, 9.17) is 9.47 Å². The van der Waals surface area contributed by atoms with Gasteiger partial charge in [0.1, 0.15) is 17.3 Å². The lowest BCUT2D eigenvalue weighted by Crippen LogP contribution is -2.17.